The second kappa shape index (κ2) is 8.69. The van der Waals surface area contributed by atoms with E-state index >= 15 is 0 Å². The number of hydrogen-bond acceptors (Lipinski definition) is 4. The highest BCUT2D eigenvalue weighted by atomic mass is 35.5. The van der Waals surface area contributed by atoms with E-state index in [4.69, 9.17) is 32.7 Å². The van der Waals surface area contributed by atoms with Crippen LogP contribution in [0.5, 0.6) is 5.75 Å². The molecule has 0 saturated heterocycles. The number of amides is 1. The maximum absolute atomic E-state index is 13.0. The van der Waals surface area contributed by atoms with Crippen LogP contribution in [0.3, 0.4) is 0 Å². The van der Waals surface area contributed by atoms with Gasteiger partial charge in [-0.15, -0.1) is 0 Å². The number of anilines is 1. The van der Waals surface area contributed by atoms with Crippen molar-refractivity contribution in [1.29, 1.82) is 0 Å². The molecule has 0 heterocycles. The summed E-state index contributed by atoms with van der Waals surface area (Å²) in [6.07, 6.45) is -0.986. The highest BCUT2D eigenvalue weighted by Crippen LogP contribution is 2.28. The summed E-state index contributed by atoms with van der Waals surface area (Å²) >= 11 is 11.7. The van der Waals surface area contributed by atoms with Gasteiger partial charge in [0.15, 0.2) is 12.7 Å². The molecular weight excluding hydrogens is 372 g/mol. The average molecular weight is 386 g/mol. The lowest BCUT2D eigenvalue weighted by molar-refractivity contribution is -0.153. The topological polar surface area (TPSA) is 64.6 Å². The molecule has 0 saturated carbocycles. The van der Waals surface area contributed by atoms with E-state index in [1.807, 2.05) is 0 Å². The van der Waals surface area contributed by atoms with Crippen LogP contribution >= 0.6 is 23.2 Å². The third kappa shape index (κ3) is 5.92. The van der Waals surface area contributed by atoms with Gasteiger partial charge in [-0.05, 0) is 43.3 Å². The van der Waals surface area contributed by atoms with Crippen LogP contribution < -0.4 is 10.1 Å². The fourth-order valence-corrected chi connectivity index (χ4v) is 2.28. The van der Waals surface area contributed by atoms with Crippen molar-refractivity contribution in [2.75, 3.05) is 11.9 Å². The molecule has 0 spiro atoms. The highest BCUT2D eigenvalue weighted by Gasteiger charge is 2.19. The number of nitrogens with one attached hydrogen (secondary N) is 1. The molecule has 2 rings (SSSR count). The average Bonchev–Trinajstić information content (AvgIpc) is 2.55. The Balaban J connectivity index is 1.83. The third-order valence-electron chi connectivity index (χ3n) is 2.98. The SMILES string of the molecule is C[C@H](Oc1ccc(Cl)cc1Cl)C(=O)OCC(=O)Nc1cccc(F)c1. The van der Waals surface area contributed by atoms with Gasteiger partial charge in [-0.1, -0.05) is 29.3 Å². The first-order valence-electron chi connectivity index (χ1n) is 7.19. The lowest BCUT2D eigenvalue weighted by Crippen LogP contribution is -2.29. The first kappa shape index (κ1) is 19.0. The molecule has 0 aliphatic rings. The van der Waals surface area contributed by atoms with Crippen LogP contribution in [0.2, 0.25) is 10.0 Å². The molecule has 0 aliphatic heterocycles. The standard InChI is InChI=1S/C17H14Cl2FNO4/c1-10(25-15-6-5-11(18)7-14(15)19)17(23)24-9-16(22)21-13-4-2-3-12(20)8-13/h2-8,10H,9H2,1H3,(H,21,22)/t10-/m0/s1. The van der Waals surface area contributed by atoms with Crippen molar-refractivity contribution in [2.45, 2.75) is 13.0 Å². The van der Waals surface area contributed by atoms with E-state index in [0.29, 0.717) is 5.02 Å². The van der Waals surface area contributed by atoms with E-state index in [-0.39, 0.29) is 16.5 Å². The Morgan fingerprint density at radius 2 is 1.96 bits per heavy atom. The van der Waals surface area contributed by atoms with Gasteiger partial charge in [0.2, 0.25) is 0 Å². The molecular formula is C17H14Cl2FNO4. The largest absolute Gasteiger partial charge is 0.477 e. The zero-order chi connectivity index (χ0) is 18.4. The van der Waals surface area contributed by atoms with Crippen LogP contribution in [0.1, 0.15) is 6.92 Å². The van der Waals surface area contributed by atoms with Crippen molar-refractivity contribution in [3.8, 4) is 5.75 Å². The van der Waals surface area contributed by atoms with Gasteiger partial charge in [0.25, 0.3) is 5.91 Å². The fourth-order valence-electron chi connectivity index (χ4n) is 1.83. The fraction of sp³-hybridized carbons (Fsp3) is 0.176. The molecule has 25 heavy (non-hydrogen) atoms. The summed E-state index contributed by atoms with van der Waals surface area (Å²) in [7, 11) is 0. The van der Waals surface area contributed by atoms with Crippen LogP contribution in [0.15, 0.2) is 42.5 Å². The van der Waals surface area contributed by atoms with Crippen molar-refractivity contribution in [3.05, 3.63) is 58.3 Å². The predicted octanol–water partition coefficient (Wildman–Crippen LogP) is 4.08. The Morgan fingerprint density at radius 1 is 1.20 bits per heavy atom. The Bertz CT molecular complexity index is 785. The summed E-state index contributed by atoms with van der Waals surface area (Å²) in [5.41, 5.74) is 0.262. The van der Waals surface area contributed by atoms with Crippen LogP contribution in [-0.4, -0.2) is 24.6 Å². The second-order valence-corrected chi connectivity index (χ2v) is 5.84. The quantitative estimate of drug-likeness (QED) is 0.760. The molecule has 132 valence electrons. The highest BCUT2D eigenvalue weighted by molar-refractivity contribution is 6.35. The molecule has 5 nitrogen and oxygen atoms in total. The molecule has 0 aliphatic carbocycles. The Labute approximate surface area is 153 Å². The first-order valence-corrected chi connectivity index (χ1v) is 7.94. The molecule has 8 heteroatoms. The van der Waals surface area contributed by atoms with Gasteiger partial charge < -0.3 is 14.8 Å². The van der Waals surface area contributed by atoms with Crippen molar-refractivity contribution in [3.63, 3.8) is 0 Å². The van der Waals surface area contributed by atoms with E-state index in [0.717, 1.165) is 6.07 Å². The number of hydrogen-bond donors (Lipinski definition) is 1. The van der Waals surface area contributed by atoms with E-state index < -0.39 is 30.4 Å². The Morgan fingerprint density at radius 3 is 2.64 bits per heavy atom. The van der Waals surface area contributed by atoms with Crippen molar-refractivity contribution in [2.24, 2.45) is 0 Å². The van der Waals surface area contributed by atoms with Gasteiger partial charge in [-0.3, -0.25) is 4.79 Å². The lowest BCUT2D eigenvalue weighted by Gasteiger charge is -2.15. The number of ether oxygens (including phenoxy) is 2. The molecule has 0 bridgehead atoms. The number of carbonyl (C=O) groups is 2. The van der Waals surface area contributed by atoms with Crippen molar-refractivity contribution in [1.82, 2.24) is 0 Å². The van der Waals surface area contributed by atoms with Crippen molar-refractivity contribution >= 4 is 40.8 Å². The molecule has 2 aromatic carbocycles. The van der Waals surface area contributed by atoms with E-state index in [1.54, 1.807) is 6.07 Å². The number of carbonyl (C=O) groups excluding carboxylic acids is 2. The summed E-state index contributed by atoms with van der Waals surface area (Å²) in [4.78, 5) is 23.6. The van der Waals surface area contributed by atoms with Gasteiger partial charge in [0, 0.05) is 10.7 Å². The normalized spacial score (nSPS) is 11.5. The molecule has 1 amide bonds. The number of esters is 1. The molecule has 0 aromatic heterocycles. The molecule has 2 aromatic rings. The zero-order valence-corrected chi connectivity index (χ0v) is 14.6. The molecule has 1 atom stereocenters. The minimum absolute atomic E-state index is 0.246. The number of rotatable bonds is 6. The minimum atomic E-state index is -0.986. The molecule has 1 N–H and O–H groups in total. The number of halogens is 3. The zero-order valence-electron chi connectivity index (χ0n) is 13.1. The summed E-state index contributed by atoms with van der Waals surface area (Å²) in [6, 6.07) is 9.91. The van der Waals surface area contributed by atoms with Gasteiger partial charge in [0.1, 0.15) is 11.6 Å². The van der Waals surface area contributed by atoms with E-state index in [1.165, 1.54) is 37.3 Å². The maximum atomic E-state index is 13.0. The first-order chi connectivity index (χ1) is 11.8. The van der Waals surface area contributed by atoms with E-state index in [2.05, 4.69) is 5.32 Å². The summed E-state index contributed by atoms with van der Waals surface area (Å²) < 4.78 is 23.3. The minimum Gasteiger partial charge on any atom is -0.477 e. The molecule has 0 unspecified atom stereocenters. The van der Waals surface area contributed by atoms with Crippen LogP contribution in [-0.2, 0) is 14.3 Å². The van der Waals surface area contributed by atoms with Gasteiger partial charge in [-0.25, -0.2) is 9.18 Å². The van der Waals surface area contributed by atoms with Crippen LogP contribution in [0.25, 0.3) is 0 Å². The van der Waals surface area contributed by atoms with Crippen molar-refractivity contribution < 1.29 is 23.5 Å². The molecule has 0 fully saturated rings. The second-order valence-electron chi connectivity index (χ2n) is 5.00. The number of benzene rings is 2. The Kier molecular flexibility index (Phi) is 6.61. The summed E-state index contributed by atoms with van der Waals surface area (Å²) in [6.45, 7) is 0.926. The Hall–Kier alpha value is -2.31. The lowest BCUT2D eigenvalue weighted by atomic mass is 10.3. The molecule has 0 radical (unpaired) electrons. The smallest absolute Gasteiger partial charge is 0.347 e. The van der Waals surface area contributed by atoms with Crippen LogP contribution in [0, 0.1) is 5.82 Å². The van der Waals surface area contributed by atoms with Gasteiger partial charge >= 0.3 is 5.97 Å². The van der Waals surface area contributed by atoms with Gasteiger partial charge in [0.05, 0.1) is 5.02 Å². The van der Waals surface area contributed by atoms with E-state index in [9.17, 15) is 14.0 Å². The predicted molar refractivity (Wildman–Crippen MR) is 92.5 cm³/mol. The summed E-state index contributed by atoms with van der Waals surface area (Å²) in [5.74, 6) is -1.58. The third-order valence-corrected chi connectivity index (χ3v) is 3.51. The van der Waals surface area contributed by atoms with Gasteiger partial charge in [-0.2, -0.15) is 0 Å². The monoisotopic (exact) mass is 385 g/mol. The maximum Gasteiger partial charge on any atom is 0.347 e. The summed E-state index contributed by atoms with van der Waals surface area (Å²) in [5, 5.41) is 3.09. The van der Waals surface area contributed by atoms with Crippen LogP contribution in [0.4, 0.5) is 10.1 Å².